The van der Waals surface area contributed by atoms with Crippen LogP contribution in [0.5, 0.6) is 0 Å². The van der Waals surface area contributed by atoms with E-state index in [1.54, 1.807) is 24.3 Å². The monoisotopic (exact) mass is 378 g/mol. The van der Waals surface area contributed by atoms with Crippen LogP contribution in [0.25, 0.3) is 16.6 Å². The van der Waals surface area contributed by atoms with Crippen molar-refractivity contribution in [1.29, 1.82) is 0 Å². The number of carbonyl (C=O) groups excluding carboxylic acids is 2. The summed E-state index contributed by atoms with van der Waals surface area (Å²) in [6.07, 6.45) is 4.08. The number of hydrogen-bond donors (Lipinski definition) is 0. The molecule has 0 aliphatic carbocycles. The summed E-state index contributed by atoms with van der Waals surface area (Å²) >= 11 is 0. The van der Waals surface area contributed by atoms with E-state index in [0.717, 1.165) is 23.8 Å². The van der Waals surface area contributed by atoms with E-state index in [9.17, 15) is 9.59 Å². The number of hydrogen-bond acceptors (Lipinski definition) is 2. The molecule has 0 saturated heterocycles. The van der Waals surface area contributed by atoms with Gasteiger partial charge < -0.3 is 4.57 Å². The van der Waals surface area contributed by atoms with Crippen LogP contribution in [-0.2, 0) is 19.4 Å². The van der Waals surface area contributed by atoms with E-state index >= 15 is 0 Å². The lowest BCUT2D eigenvalue weighted by Gasteiger charge is -2.13. The molecule has 3 aromatic carbocycles. The zero-order chi connectivity index (χ0) is 19.5. The summed E-state index contributed by atoms with van der Waals surface area (Å²) in [6.45, 7) is 0.279. The number of para-hydroxylation sites is 2. The normalized spacial score (nSPS) is 14.8. The summed E-state index contributed by atoms with van der Waals surface area (Å²) in [7, 11) is 0. The van der Waals surface area contributed by atoms with E-state index in [-0.39, 0.29) is 18.4 Å². The number of carbonyl (C=O) groups is 2. The van der Waals surface area contributed by atoms with Crippen molar-refractivity contribution < 1.29 is 9.59 Å². The van der Waals surface area contributed by atoms with E-state index in [1.807, 2.05) is 0 Å². The van der Waals surface area contributed by atoms with Crippen LogP contribution >= 0.6 is 0 Å². The van der Waals surface area contributed by atoms with Gasteiger partial charge in [-0.05, 0) is 47.7 Å². The molecule has 0 saturated carbocycles. The Morgan fingerprint density at radius 3 is 2.17 bits per heavy atom. The van der Waals surface area contributed by atoms with Crippen LogP contribution in [0.15, 0.2) is 72.9 Å². The van der Waals surface area contributed by atoms with E-state index in [4.69, 9.17) is 0 Å². The van der Waals surface area contributed by atoms with Crippen molar-refractivity contribution in [2.24, 2.45) is 0 Å². The van der Waals surface area contributed by atoms with Gasteiger partial charge in [0, 0.05) is 17.3 Å². The molecule has 2 aliphatic rings. The predicted octanol–water partition coefficient (Wildman–Crippen LogP) is 4.53. The van der Waals surface area contributed by atoms with Gasteiger partial charge in [-0.15, -0.1) is 0 Å². The zero-order valence-corrected chi connectivity index (χ0v) is 15.8. The van der Waals surface area contributed by atoms with Gasteiger partial charge in [-0.1, -0.05) is 48.5 Å². The van der Waals surface area contributed by atoms with Crippen molar-refractivity contribution >= 4 is 22.7 Å². The number of nitrogens with zero attached hydrogens (tertiary/aromatic N) is 2. The van der Waals surface area contributed by atoms with Crippen molar-refractivity contribution in [2.75, 3.05) is 0 Å². The van der Waals surface area contributed by atoms with Crippen LogP contribution in [0.2, 0.25) is 0 Å². The molecular weight excluding hydrogens is 360 g/mol. The highest BCUT2D eigenvalue weighted by molar-refractivity contribution is 6.21. The molecule has 3 heterocycles. The maximum absolute atomic E-state index is 12.9. The number of rotatable bonds is 2. The first-order valence-corrected chi connectivity index (χ1v) is 9.88. The molecule has 140 valence electrons. The molecular formula is C25H18N2O2. The van der Waals surface area contributed by atoms with Crippen molar-refractivity contribution in [1.82, 2.24) is 9.47 Å². The molecule has 0 unspecified atom stereocenters. The van der Waals surface area contributed by atoms with Crippen LogP contribution in [0.4, 0.5) is 0 Å². The van der Waals surface area contributed by atoms with Gasteiger partial charge in [-0.2, -0.15) is 0 Å². The number of imide groups is 1. The average Bonchev–Trinajstić information content (AvgIpc) is 3.18. The second-order valence-electron chi connectivity index (χ2n) is 7.71. The van der Waals surface area contributed by atoms with Gasteiger partial charge >= 0.3 is 0 Å². The average molecular weight is 378 g/mol. The first kappa shape index (κ1) is 16.3. The Morgan fingerprint density at radius 2 is 1.38 bits per heavy atom. The van der Waals surface area contributed by atoms with Crippen molar-refractivity contribution in [3.05, 3.63) is 101 Å². The second kappa shape index (κ2) is 5.92. The van der Waals surface area contributed by atoms with E-state index in [1.165, 1.54) is 27.2 Å². The van der Waals surface area contributed by atoms with Crippen molar-refractivity contribution in [2.45, 2.75) is 19.4 Å². The Kier molecular flexibility index (Phi) is 3.33. The fourth-order valence-electron chi connectivity index (χ4n) is 4.72. The summed E-state index contributed by atoms with van der Waals surface area (Å²) in [4.78, 5) is 27.1. The van der Waals surface area contributed by atoms with Crippen LogP contribution in [0, 0.1) is 0 Å². The predicted molar refractivity (Wildman–Crippen MR) is 111 cm³/mol. The SMILES string of the molecule is O=C1c2ccccc2C(=O)N1Cc1cn2c3c(cccc13)CCc1ccccc1-2. The molecule has 1 aromatic heterocycles. The Morgan fingerprint density at radius 1 is 0.724 bits per heavy atom. The topological polar surface area (TPSA) is 42.3 Å². The Hall–Kier alpha value is -3.66. The lowest BCUT2D eigenvalue weighted by molar-refractivity contribution is 0.0643. The number of aromatic nitrogens is 1. The fraction of sp³-hybridized carbons (Fsp3) is 0.120. The fourth-order valence-corrected chi connectivity index (χ4v) is 4.72. The van der Waals surface area contributed by atoms with E-state index in [0.29, 0.717) is 11.1 Å². The third kappa shape index (κ3) is 2.26. The van der Waals surface area contributed by atoms with Crippen LogP contribution in [-0.4, -0.2) is 21.3 Å². The molecule has 2 amide bonds. The van der Waals surface area contributed by atoms with Gasteiger partial charge in [-0.3, -0.25) is 14.5 Å². The smallest absolute Gasteiger partial charge is 0.261 e. The molecule has 0 spiro atoms. The molecule has 4 aromatic rings. The van der Waals surface area contributed by atoms with Gasteiger partial charge in [0.15, 0.2) is 0 Å². The molecule has 6 rings (SSSR count). The first-order valence-electron chi connectivity index (χ1n) is 9.88. The minimum Gasteiger partial charge on any atom is -0.316 e. The van der Waals surface area contributed by atoms with Gasteiger partial charge in [0.2, 0.25) is 0 Å². The molecule has 0 atom stereocenters. The number of benzene rings is 3. The lowest BCUT2D eigenvalue weighted by Crippen LogP contribution is -2.29. The Balaban J connectivity index is 1.50. The van der Waals surface area contributed by atoms with Crippen LogP contribution < -0.4 is 0 Å². The third-order valence-corrected chi connectivity index (χ3v) is 6.11. The van der Waals surface area contributed by atoms with E-state index < -0.39 is 0 Å². The maximum atomic E-state index is 12.9. The van der Waals surface area contributed by atoms with Crippen molar-refractivity contribution in [3.63, 3.8) is 0 Å². The quantitative estimate of drug-likeness (QED) is 0.481. The second-order valence-corrected chi connectivity index (χ2v) is 7.71. The molecule has 4 heteroatoms. The van der Waals surface area contributed by atoms with Gasteiger partial charge in [0.25, 0.3) is 11.8 Å². The molecule has 0 fully saturated rings. The number of aryl methyl sites for hydroxylation is 2. The largest absolute Gasteiger partial charge is 0.316 e. The lowest BCUT2D eigenvalue weighted by atomic mass is 10.0. The van der Waals surface area contributed by atoms with Crippen LogP contribution in [0.3, 0.4) is 0 Å². The summed E-state index contributed by atoms with van der Waals surface area (Å²) in [5.41, 5.74) is 6.95. The third-order valence-electron chi connectivity index (χ3n) is 6.11. The zero-order valence-electron chi connectivity index (χ0n) is 15.8. The molecule has 0 bridgehead atoms. The van der Waals surface area contributed by atoms with Gasteiger partial charge in [0.1, 0.15) is 0 Å². The van der Waals surface area contributed by atoms with E-state index in [2.05, 4.69) is 53.2 Å². The van der Waals surface area contributed by atoms with Crippen molar-refractivity contribution in [3.8, 4) is 5.69 Å². The summed E-state index contributed by atoms with van der Waals surface area (Å²) in [5.74, 6) is -0.426. The minimum absolute atomic E-state index is 0.213. The highest BCUT2D eigenvalue weighted by atomic mass is 16.2. The highest BCUT2D eigenvalue weighted by Gasteiger charge is 2.35. The number of fused-ring (bicyclic) bond motifs is 3. The highest BCUT2D eigenvalue weighted by Crippen LogP contribution is 2.34. The number of amides is 2. The Labute approximate surface area is 168 Å². The maximum Gasteiger partial charge on any atom is 0.261 e. The van der Waals surface area contributed by atoms with Gasteiger partial charge in [0.05, 0.1) is 23.2 Å². The molecule has 2 aliphatic heterocycles. The minimum atomic E-state index is -0.213. The first-order chi connectivity index (χ1) is 14.2. The molecule has 29 heavy (non-hydrogen) atoms. The van der Waals surface area contributed by atoms with Crippen LogP contribution in [0.1, 0.15) is 37.4 Å². The molecule has 0 radical (unpaired) electrons. The van der Waals surface area contributed by atoms with Gasteiger partial charge in [-0.25, -0.2) is 0 Å². The summed E-state index contributed by atoms with van der Waals surface area (Å²) in [6, 6.07) is 21.9. The Bertz CT molecular complexity index is 1300. The molecule has 4 nitrogen and oxygen atoms in total. The standard InChI is InChI=1S/C25H18N2O2/c28-24-20-8-2-3-9-21(20)25(29)27(24)15-18-14-26-22-11-4-1-6-16(22)12-13-17-7-5-10-19(18)23(17)26/h1-11,14H,12-13,15H2. The summed E-state index contributed by atoms with van der Waals surface area (Å²) in [5, 5.41) is 1.11. The summed E-state index contributed by atoms with van der Waals surface area (Å²) < 4.78 is 2.24. The molecule has 0 N–H and O–H groups in total.